The number of piperazine rings is 2. The first-order valence-electron chi connectivity index (χ1n) is 16.8. The number of nitrogens with zero attached hydrogens (tertiary/aromatic N) is 6. The number of rotatable bonds is 8. The van der Waals surface area contributed by atoms with E-state index in [0.29, 0.717) is 17.6 Å². The van der Waals surface area contributed by atoms with Crippen LogP contribution in [0.3, 0.4) is 0 Å². The lowest BCUT2D eigenvalue weighted by molar-refractivity contribution is 0.434. The summed E-state index contributed by atoms with van der Waals surface area (Å²) in [5.74, 6) is 2.13. The van der Waals surface area contributed by atoms with E-state index in [1.54, 1.807) is 12.1 Å². The van der Waals surface area contributed by atoms with Gasteiger partial charge in [0, 0.05) is 81.8 Å². The molecule has 244 valence electrons. The molecule has 0 amide bonds. The molecule has 2 N–H and O–H groups in total. The lowest BCUT2D eigenvalue weighted by Crippen LogP contribution is -2.48. The van der Waals surface area contributed by atoms with Crippen LogP contribution in [0.2, 0.25) is 0 Å². The number of thiocarbonyl (C=S) groups is 1. The van der Waals surface area contributed by atoms with Gasteiger partial charge in [-0.15, -0.1) is 0 Å². The van der Waals surface area contributed by atoms with Gasteiger partial charge < -0.3 is 30.2 Å². The molecule has 4 aromatic rings. The third-order valence-electron chi connectivity index (χ3n) is 9.98. The number of para-hydroxylation sites is 2. The largest absolute Gasteiger partial charge is 0.368 e. The lowest BCUT2D eigenvalue weighted by Gasteiger charge is -2.38. The highest BCUT2D eigenvalue weighted by atomic mass is 32.1. The zero-order valence-electron chi connectivity index (χ0n) is 26.8. The summed E-state index contributed by atoms with van der Waals surface area (Å²) in [6.45, 7) is 7.86. The topological polar surface area (TPSA) is 62.8 Å². The number of hydrogen-bond donors (Lipinski definition) is 2. The third-order valence-corrected chi connectivity index (χ3v) is 10.2. The molecule has 0 unspecified atom stereocenters. The number of nitrogens with one attached hydrogen (secondary N) is 2. The van der Waals surface area contributed by atoms with Crippen molar-refractivity contribution in [2.24, 2.45) is 0 Å². The third kappa shape index (κ3) is 7.27. The average Bonchev–Trinajstić information content (AvgIpc) is 3.62. The number of halogens is 1. The van der Waals surface area contributed by atoms with Crippen molar-refractivity contribution >= 4 is 46.3 Å². The molecule has 1 aromatic heterocycles. The van der Waals surface area contributed by atoms with Crippen LogP contribution in [0.15, 0.2) is 91.0 Å². The SMILES string of the molecule is Fc1ccc(C2(CNC(=S)Nc3nc(N4CCN(c5ccccc5)CC4)cc(N4CCN(c5ccccc5)CC4)n3)CCCC2)cc1. The highest BCUT2D eigenvalue weighted by Crippen LogP contribution is 2.40. The molecule has 8 nitrogen and oxygen atoms in total. The molecule has 47 heavy (non-hydrogen) atoms. The molecule has 1 aliphatic carbocycles. The van der Waals surface area contributed by atoms with Crippen molar-refractivity contribution in [2.75, 3.05) is 83.8 Å². The van der Waals surface area contributed by atoms with Crippen molar-refractivity contribution in [3.8, 4) is 0 Å². The molecule has 3 aromatic carbocycles. The number of hydrogen-bond acceptors (Lipinski definition) is 7. The van der Waals surface area contributed by atoms with E-state index < -0.39 is 0 Å². The molecule has 2 saturated heterocycles. The summed E-state index contributed by atoms with van der Waals surface area (Å²) < 4.78 is 13.7. The van der Waals surface area contributed by atoms with Crippen molar-refractivity contribution in [3.05, 3.63) is 102 Å². The second-order valence-electron chi connectivity index (χ2n) is 12.8. The van der Waals surface area contributed by atoms with Gasteiger partial charge in [-0.2, -0.15) is 9.97 Å². The second kappa shape index (κ2) is 14.1. The maximum absolute atomic E-state index is 13.7. The molecule has 2 aliphatic heterocycles. The van der Waals surface area contributed by atoms with Crippen LogP contribution in [-0.4, -0.2) is 74.0 Å². The zero-order chi connectivity index (χ0) is 32.1. The van der Waals surface area contributed by atoms with Crippen molar-refractivity contribution < 1.29 is 4.39 Å². The van der Waals surface area contributed by atoms with Gasteiger partial charge in [0.05, 0.1) is 0 Å². The maximum Gasteiger partial charge on any atom is 0.232 e. The van der Waals surface area contributed by atoms with Crippen molar-refractivity contribution in [1.29, 1.82) is 0 Å². The van der Waals surface area contributed by atoms with E-state index in [0.717, 1.165) is 95.2 Å². The fourth-order valence-electron chi connectivity index (χ4n) is 7.28. The molecule has 3 aliphatic rings. The van der Waals surface area contributed by atoms with Crippen LogP contribution in [0.1, 0.15) is 31.2 Å². The van der Waals surface area contributed by atoms with Crippen molar-refractivity contribution in [2.45, 2.75) is 31.1 Å². The first-order valence-corrected chi connectivity index (χ1v) is 17.3. The molecule has 1 saturated carbocycles. The summed E-state index contributed by atoms with van der Waals surface area (Å²) in [5.41, 5.74) is 3.61. The minimum absolute atomic E-state index is 0.0653. The normalized spacial score (nSPS) is 17.9. The first kappa shape index (κ1) is 31.2. The summed E-state index contributed by atoms with van der Waals surface area (Å²) in [6.07, 6.45) is 4.41. The van der Waals surface area contributed by atoms with Gasteiger partial charge in [-0.25, -0.2) is 4.39 Å². The summed E-state index contributed by atoms with van der Waals surface area (Å²) in [6, 6.07) is 30.3. The molecule has 3 fully saturated rings. The Morgan fingerprint density at radius 2 is 1.13 bits per heavy atom. The predicted molar refractivity (Wildman–Crippen MR) is 195 cm³/mol. The first-order chi connectivity index (χ1) is 23.0. The van der Waals surface area contributed by atoms with E-state index in [9.17, 15) is 4.39 Å². The van der Waals surface area contributed by atoms with E-state index >= 15 is 0 Å². The fourth-order valence-corrected chi connectivity index (χ4v) is 7.45. The predicted octanol–water partition coefficient (Wildman–Crippen LogP) is 6.07. The molecule has 10 heteroatoms. The fraction of sp³-hybridized carbons (Fsp3) is 0.378. The van der Waals surface area contributed by atoms with Crippen molar-refractivity contribution in [1.82, 2.24) is 15.3 Å². The molecule has 0 bridgehead atoms. The van der Waals surface area contributed by atoms with Crippen LogP contribution in [0, 0.1) is 5.82 Å². The van der Waals surface area contributed by atoms with Gasteiger partial charge in [0.15, 0.2) is 5.11 Å². The summed E-state index contributed by atoms with van der Waals surface area (Å²) in [5, 5.41) is 7.32. The summed E-state index contributed by atoms with van der Waals surface area (Å²) in [4.78, 5) is 19.6. The van der Waals surface area contributed by atoms with Crippen LogP contribution < -0.4 is 30.2 Å². The van der Waals surface area contributed by atoms with Crippen LogP contribution in [0.5, 0.6) is 0 Å². The standard InChI is InChI=1S/C37H43FN8S/c38-30-15-13-29(14-16-30)37(17-7-8-18-37)28-39-36(47)42-35-40-33(45-23-19-43(20-24-45)31-9-3-1-4-10-31)27-34(41-35)46-25-21-44(22-26-46)32-11-5-2-6-12-32/h1-6,9-16,27H,7-8,17-26,28H2,(H2,39,40,41,42,47). The Hall–Kier alpha value is -4.44. The van der Waals surface area contributed by atoms with Gasteiger partial charge in [0.25, 0.3) is 0 Å². The minimum atomic E-state index is -0.206. The Morgan fingerprint density at radius 3 is 1.62 bits per heavy atom. The van der Waals surface area contributed by atoms with Gasteiger partial charge >= 0.3 is 0 Å². The van der Waals surface area contributed by atoms with Gasteiger partial charge in [-0.3, -0.25) is 0 Å². The van der Waals surface area contributed by atoms with Crippen LogP contribution >= 0.6 is 12.2 Å². The number of anilines is 5. The molecule has 7 rings (SSSR count). The quantitative estimate of drug-likeness (QED) is 0.222. The molecular weight excluding hydrogens is 608 g/mol. The van der Waals surface area contributed by atoms with Crippen LogP contribution in [0.25, 0.3) is 0 Å². The Balaban J connectivity index is 1.07. The average molecular weight is 651 g/mol. The van der Waals surface area contributed by atoms with E-state index in [1.807, 2.05) is 12.1 Å². The van der Waals surface area contributed by atoms with Gasteiger partial charge in [0.1, 0.15) is 17.5 Å². The smallest absolute Gasteiger partial charge is 0.232 e. The molecule has 0 atom stereocenters. The second-order valence-corrected chi connectivity index (χ2v) is 13.2. The maximum atomic E-state index is 13.7. The van der Waals surface area contributed by atoms with E-state index in [4.69, 9.17) is 22.2 Å². The summed E-state index contributed by atoms with van der Waals surface area (Å²) in [7, 11) is 0. The van der Waals surface area contributed by atoms with Crippen LogP contribution in [0.4, 0.5) is 33.3 Å². The molecule has 0 radical (unpaired) electrons. The Bertz CT molecular complexity index is 1540. The summed E-state index contributed by atoms with van der Waals surface area (Å²) >= 11 is 5.83. The lowest BCUT2D eigenvalue weighted by atomic mass is 9.79. The van der Waals surface area contributed by atoms with E-state index in [1.165, 1.54) is 11.4 Å². The van der Waals surface area contributed by atoms with E-state index in [-0.39, 0.29) is 11.2 Å². The van der Waals surface area contributed by atoms with Crippen LogP contribution in [-0.2, 0) is 5.41 Å². The highest BCUT2D eigenvalue weighted by molar-refractivity contribution is 7.80. The zero-order valence-corrected chi connectivity index (χ0v) is 27.6. The van der Waals surface area contributed by atoms with Gasteiger partial charge in [-0.1, -0.05) is 61.4 Å². The minimum Gasteiger partial charge on any atom is -0.368 e. The van der Waals surface area contributed by atoms with Gasteiger partial charge in [-0.05, 0) is 67.0 Å². The molecular formula is C37H43FN8S. The number of aromatic nitrogens is 2. The van der Waals surface area contributed by atoms with E-state index in [2.05, 4.69) is 97.0 Å². The van der Waals surface area contributed by atoms with Gasteiger partial charge in [0.2, 0.25) is 5.95 Å². The number of benzene rings is 3. The van der Waals surface area contributed by atoms with Crippen molar-refractivity contribution in [3.63, 3.8) is 0 Å². The Morgan fingerprint density at radius 1 is 0.660 bits per heavy atom. The Labute approximate surface area is 282 Å². The molecule has 0 spiro atoms. The highest BCUT2D eigenvalue weighted by Gasteiger charge is 2.35. The Kier molecular flexibility index (Phi) is 9.37. The monoisotopic (exact) mass is 650 g/mol. The molecule has 3 heterocycles.